The standard InChI is InChI=1S/C20H21N5O3/c1-3-28-19(26)18-10-13-25(23-18)17-6-4-16(5-7-17)22-20(27)24(2)14-15-8-11-21-12-9-15/h4-13H,3,14H2,1-2H3,(H,22,27). The molecule has 0 aliphatic rings. The van der Waals surface area contributed by atoms with Crippen LogP contribution in [0.5, 0.6) is 0 Å². The first-order chi connectivity index (χ1) is 13.6. The van der Waals surface area contributed by atoms with Crippen molar-refractivity contribution in [3.63, 3.8) is 0 Å². The quantitative estimate of drug-likeness (QED) is 0.665. The van der Waals surface area contributed by atoms with Crippen LogP contribution in [0.1, 0.15) is 23.0 Å². The first-order valence-electron chi connectivity index (χ1n) is 8.81. The molecule has 0 saturated carbocycles. The van der Waals surface area contributed by atoms with Gasteiger partial charge in [0, 0.05) is 37.9 Å². The first kappa shape index (κ1) is 19.1. The number of carbonyl (C=O) groups excluding carboxylic acids is 2. The van der Waals surface area contributed by atoms with Gasteiger partial charge in [-0.3, -0.25) is 4.98 Å². The van der Waals surface area contributed by atoms with E-state index in [1.54, 1.807) is 72.5 Å². The molecule has 3 rings (SSSR count). The molecule has 8 heteroatoms. The summed E-state index contributed by atoms with van der Waals surface area (Å²) in [7, 11) is 1.73. The molecule has 0 atom stereocenters. The molecule has 0 spiro atoms. The van der Waals surface area contributed by atoms with Gasteiger partial charge in [0.2, 0.25) is 0 Å². The van der Waals surface area contributed by atoms with Gasteiger partial charge in [-0.15, -0.1) is 0 Å². The van der Waals surface area contributed by atoms with Gasteiger partial charge in [0.1, 0.15) is 0 Å². The van der Waals surface area contributed by atoms with Gasteiger partial charge in [0.15, 0.2) is 5.69 Å². The van der Waals surface area contributed by atoms with Crippen LogP contribution in [0.2, 0.25) is 0 Å². The molecule has 0 bridgehead atoms. The summed E-state index contributed by atoms with van der Waals surface area (Å²) in [6.07, 6.45) is 5.08. The van der Waals surface area contributed by atoms with E-state index >= 15 is 0 Å². The largest absolute Gasteiger partial charge is 0.461 e. The molecule has 28 heavy (non-hydrogen) atoms. The lowest BCUT2D eigenvalue weighted by molar-refractivity contribution is 0.0519. The van der Waals surface area contributed by atoms with Crippen molar-refractivity contribution < 1.29 is 14.3 Å². The number of hydrogen-bond donors (Lipinski definition) is 1. The Morgan fingerprint density at radius 2 is 1.82 bits per heavy atom. The number of pyridine rings is 1. The molecule has 8 nitrogen and oxygen atoms in total. The van der Waals surface area contributed by atoms with Crippen LogP contribution >= 0.6 is 0 Å². The zero-order valence-electron chi connectivity index (χ0n) is 15.7. The maximum Gasteiger partial charge on any atom is 0.358 e. The van der Waals surface area contributed by atoms with Gasteiger partial charge < -0.3 is 15.0 Å². The number of benzene rings is 1. The van der Waals surface area contributed by atoms with Gasteiger partial charge in [-0.05, 0) is 55.0 Å². The number of nitrogens with one attached hydrogen (secondary N) is 1. The lowest BCUT2D eigenvalue weighted by Gasteiger charge is -2.18. The van der Waals surface area contributed by atoms with Crippen LogP contribution in [0.25, 0.3) is 5.69 Å². The number of esters is 1. The predicted molar refractivity (Wildman–Crippen MR) is 104 cm³/mol. The van der Waals surface area contributed by atoms with E-state index in [1.807, 2.05) is 12.1 Å². The molecule has 0 fully saturated rings. The average molecular weight is 379 g/mol. The fraction of sp³-hybridized carbons (Fsp3) is 0.200. The zero-order valence-corrected chi connectivity index (χ0v) is 15.7. The van der Waals surface area contributed by atoms with E-state index < -0.39 is 5.97 Å². The normalized spacial score (nSPS) is 10.4. The number of ether oxygens (including phenoxy) is 1. The summed E-state index contributed by atoms with van der Waals surface area (Å²) in [5.74, 6) is -0.456. The number of rotatable bonds is 6. The number of anilines is 1. The van der Waals surface area contributed by atoms with Gasteiger partial charge >= 0.3 is 12.0 Å². The number of aromatic nitrogens is 3. The fourth-order valence-corrected chi connectivity index (χ4v) is 2.53. The number of nitrogens with zero attached hydrogens (tertiary/aromatic N) is 4. The van der Waals surface area contributed by atoms with Crippen LogP contribution in [0, 0.1) is 0 Å². The van der Waals surface area contributed by atoms with Gasteiger partial charge in [0.25, 0.3) is 0 Å². The van der Waals surface area contributed by atoms with Crippen LogP contribution in [-0.2, 0) is 11.3 Å². The van der Waals surface area contributed by atoms with E-state index in [0.29, 0.717) is 18.8 Å². The van der Waals surface area contributed by atoms with Gasteiger partial charge in [-0.1, -0.05) is 0 Å². The third-order valence-electron chi connectivity index (χ3n) is 3.97. The Labute approximate surface area is 162 Å². The second-order valence-electron chi connectivity index (χ2n) is 6.05. The summed E-state index contributed by atoms with van der Waals surface area (Å²) in [6.45, 7) is 2.53. The zero-order chi connectivity index (χ0) is 19.9. The van der Waals surface area contributed by atoms with E-state index in [2.05, 4.69) is 15.4 Å². The molecule has 2 aromatic heterocycles. The second-order valence-corrected chi connectivity index (χ2v) is 6.05. The maximum absolute atomic E-state index is 12.3. The molecule has 0 saturated heterocycles. The molecule has 0 radical (unpaired) electrons. The first-order valence-corrected chi connectivity index (χ1v) is 8.81. The highest BCUT2D eigenvalue weighted by Crippen LogP contribution is 2.14. The van der Waals surface area contributed by atoms with Crippen molar-refractivity contribution in [2.75, 3.05) is 19.0 Å². The molecule has 0 aliphatic carbocycles. The minimum atomic E-state index is -0.456. The molecule has 144 valence electrons. The molecule has 1 aromatic carbocycles. The number of carbonyl (C=O) groups is 2. The third-order valence-corrected chi connectivity index (χ3v) is 3.97. The Balaban J connectivity index is 1.61. The van der Waals surface area contributed by atoms with E-state index in [4.69, 9.17) is 4.74 Å². The highest BCUT2D eigenvalue weighted by molar-refractivity contribution is 5.89. The second kappa shape index (κ2) is 8.81. The topological polar surface area (TPSA) is 89.4 Å². The Morgan fingerprint density at radius 1 is 1.11 bits per heavy atom. The Hall–Kier alpha value is -3.68. The summed E-state index contributed by atoms with van der Waals surface area (Å²) >= 11 is 0. The molecular weight excluding hydrogens is 358 g/mol. The van der Waals surface area contributed by atoms with Crippen molar-refractivity contribution in [2.24, 2.45) is 0 Å². The summed E-state index contributed by atoms with van der Waals surface area (Å²) < 4.78 is 6.51. The van der Waals surface area contributed by atoms with Gasteiger partial charge in [0.05, 0.1) is 12.3 Å². The maximum atomic E-state index is 12.3. The molecular formula is C20H21N5O3. The lowest BCUT2D eigenvalue weighted by Crippen LogP contribution is -2.30. The Kier molecular flexibility index (Phi) is 6.01. The van der Waals surface area contributed by atoms with Crippen LogP contribution in [0.3, 0.4) is 0 Å². The van der Waals surface area contributed by atoms with E-state index in [9.17, 15) is 9.59 Å². The highest BCUT2D eigenvalue weighted by Gasteiger charge is 2.12. The summed E-state index contributed by atoms with van der Waals surface area (Å²) in [5.41, 5.74) is 2.67. The summed E-state index contributed by atoms with van der Waals surface area (Å²) in [4.78, 5) is 29.6. The monoisotopic (exact) mass is 379 g/mol. The summed E-state index contributed by atoms with van der Waals surface area (Å²) in [5, 5.41) is 7.05. The van der Waals surface area contributed by atoms with E-state index in [1.165, 1.54) is 0 Å². The molecule has 3 aromatic rings. The number of urea groups is 1. The Bertz CT molecular complexity index is 938. The molecule has 0 aliphatic heterocycles. The van der Waals surface area contributed by atoms with Crippen LogP contribution in [0.4, 0.5) is 10.5 Å². The smallest absolute Gasteiger partial charge is 0.358 e. The molecule has 2 heterocycles. The minimum absolute atomic E-state index is 0.215. The van der Waals surface area contributed by atoms with Crippen molar-refractivity contribution in [2.45, 2.75) is 13.5 Å². The van der Waals surface area contributed by atoms with Gasteiger partial charge in [-0.25, -0.2) is 14.3 Å². The number of hydrogen-bond acceptors (Lipinski definition) is 5. The van der Waals surface area contributed by atoms with E-state index in [0.717, 1.165) is 11.3 Å². The van der Waals surface area contributed by atoms with Crippen molar-refractivity contribution >= 4 is 17.7 Å². The number of amides is 2. The predicted octanol–water partition coefficient (Wildman–Crippen LogP) is 3.11. The third kappa shape index (κ3) is 4.73. The van der Waals surface area contributed by atoms with Crippen LogP contribution in [-0.4, -0.2) is 45.3 Å². The average Bonchev–Trinajstić information content (AvgIpc) is 3.20. The molecule has 1 N–H and O–H groups in total. The van der Waals surface area contributed by atoms with Gasteiger partial charge in [-0.2, -0.15) is 5.10 Å². The van der Waals surface area contributed by atoms with Crippen LogP contribution < -0.4 is 5.32 Å². The summed E-state index contributed by atoms with van der Waals surface area (Å²) in [6, 6.07) is 12.3. The minimum Gasteiger partial charge on any atom is -0.461 e. The van der Waals surface area contributed by atoms with Crippen molar-refractivity contribution in [3.8, 4) is 5.69 Å². The SMILES string of the molecule is CCOC(=O)c1ccn(-c2ccc(NC(=O)N(C)Cc3ccncc3)cc2)n1. The lowest BCUT2D eigenvalue weighted by atomic mass is 10.2. The highest BCUT2D eigenvalue weighted by atomic mass is 16.5. The molecule has 2 amide bonds. The van der Waals surface area contributed by atoms with Crippen molar-refractivity contribution in [1.29, 1.82) is 0 Å². The van der Waals surface area contributed by atoms with Crippen LogP contribution in [0.15, 0.2) is 61.1 Å². The van der Waals surface area contributed by atoms with Crippen molar-refractivity contribution in [1.82, 2.24) is 19.7 Å². The fourth-order valence-electron chi connectivity index (χ4n) is 2.53. The van der Waals surface area contributed by atoms with Crippen molar-refractivity contribution in [3.05, 3.63) is 72.3 Å². The Morgan fingerprint density at radius 3 is 2.50 bits per heavy atom. The molecule has 0 unspecified atom stereocenters. The van der Waals surface area contributed by atoms with E-state index in [-0.39, 0.29) is 11.7 Å².